The molecule has 2 aromatic rings. The molecular weight excluding hydrogens is 246 g/mol. The standard InChI is InChI=1S/C17H23N3/c1-14(17(18-2)16-9-5-4-6-10-16)20(3)13-15-8-7-11-19-12-15/h4-12,14,17-18H,13H2,1-3H3. The number of hydrogen-bond acceptors (Lipinski definition) is 3. The van der Waals surface area contributed by atoms with Crippen molar-refractivity contribution in [3.63, 3.8) is 0 Å². The van der Waals surface area contributed by atoms with Gasteiger partial charge in [0, 0.05) is 31.0 Å². The Labute approximate surface area is 121 Å². The maximum Gasteiger partial charge on any atom is 0.0473 e. The molecule has 0 saturated heterocycles. The van der Waals surface area contributed by atoms with Crippen molar-refractivity contribution in [1.29, 1.82) is 0 Å². The van der Waals surface area contributed by atoms with Crippen LogP contribution in [0.5, 0.6) is 0 Å². The van der Waals surface area contributed by atoms with Gasteiger partial charge in [-0.2, -0.15) is 0 Å². The molecule has 0 radical (unpaired) electrons. The Morgan fingerprint density at radius 2 is 1.90 bits per heavy atom. The molecule has 0 aliphatic rings. The number of rotatable bonds is 6. The molecule has 1 aromatic carbocycles. The average Bonchev–Trinajstić information content (AvgIpc) is 2.50. The van der Waals surface area contributed by atoms with Crippen LogP contribution in [0.2, 0.25) is 0 Å². The van der Waals surface area contributed by atoms with Crippen molar-refractivity contribution in [2.75, 3.05) is 14.1 Å². The zero-order valence-electron chi connectivity index (χ0n) is 12.5. The third kappa shape index (κ3) is 3.65. The second-order valence-electron chi connectivity index (χ2n) is 5.19. The van der Waals surface area contributed by atoms with Crippen LogP contribution in [0.4, 0.5) is 0 Å². The van der Waals surface area contributed by atoms with Gasteiger partial charge in [0.1, 0.15) is 0 Å². The molecule has 1 aromatic heterocycles. The zero-order valence-corrected chi connectivity index (χ0v) is 12.5. The van der Waals surface area contributed by atoms with Crippen LogP contribution < -0.4 is 5.32 Å². The summed E-state index contributed by atoms with van der Waals surface area (Å²) in [4.78, 5) is 6.53. The minimum Gasteiger partial charge on any atom is -0.312 e. The Morgan fingerprint density at radius 1 is 1.15 bits per heavy atom. The number of likely N-dealkylation sites (N-methyl/N-ethyl adjacent to an activating group) is 2. The molecule has 2 rings (SSSR count). The van der Waals surface area contributed by atoms with Crippen LogP contribution in [0.15, 0.2) is 54.9 Å². The first-order valence-electron chi connectivity index (χ1n) is 7.03. The topological polar surface area (TPSA) is 28.2 Å². The summed E-state index contributed by atoms with van der Waals surface area (Å²) in [5.41, 5.74) is 2.56. The van der Waals surface area contributed by atoms with Gasteiger partial charge < -0.3 is 5.32 Å². The van der Waals surface area contributed by atoms with E-state index in [1.165, 1.54) is 11.1 Å². The second kappa shape index (κ2) is 7.17. The van der Waals surface area contributed by atoms with Crippen molar-refractivity contribution in [2.45, 2.75) is 25.6 Å². The quantitative estimate of drug-likeness (QED) is 0.874. The molecule has 1 heterocycles. The molecule has 3 nitrogen and oxygen atoms in total. The normalized spacial score (nSPS) is 14.2. The van der Waals surface area contributed by atoms with Gasteiger partial charge >= 0.3 is 0 Å². The molecule has 0 fully saturated rings. The number of benzene rings is 1. The lowest BCUT2D eigenvalue weighted by atomic mass is 9.99. The van der Waals surface area contributed by atoms with E-state index in [0.717, 1.165) is 6.54 Å². The first-order valence-corrected chi connectivity index (χ1v) is 7.03. The van der Waals surface area contributed by atoms with E-state index in [2.05, 4.69) is 65.6 Å². The molecule has 0 bridgehead atoms. The van der Waals surface area contributed by atoms with E-state index >= 15 is 0 Å². The van der Waals surface area contributed by atoms with Gasteiger partial charge in [0.05, 0.1) is 0 Å². The van der Waals surface area contributed by atoms with Gasteiger partial charge in [-0.25, -0.2) is 0 Å². The third-order valence-electron chi connectivity index (χ3n) is 3.80. The van der Waals surface area contributed by atoms with Crippen LogP contribution in [-0.2, 0) is 6.54 Å². The molecule has 0 saturated carbocycles. The predicted octanol–water partition coefficient (Wildman–Crippen LogP) is 2.86. The van der Waals surface area contributed by atoms with Gasteiger partial charge in [-0.1, -0.05) is 36.4 Å². The largest absolute Gasteiger partial charge is 0.312 e. The van der Waals surface area contributed by atoms with Crippen LogP contribution in [0.3, 0.4) is 0 Å². The molecule has 3 heteroatoms. The summed E-state index contributed by atoms with van der Waals surface area (Å²) in [6.45, 7) is 3.16. The van der Waals surface area contributed by atoms with Crippen LogP contribution in [0.25, 0.3) is 0 Å². The van der Waals surface area contributed by atoms with Gasteiger partial charge in [0.2, 0.25) is 0 Å². The van der Waals surface area contributed by atoms with Crippen molar-refractivity contribution in [3.05, 3.63) is 66.0 Å². The Hall–Kier alpha value is -1.71. The molecule has 0 spiro atoms. The molecule has 2 atom stereocenters. The number of pyridine rings is 1. The lowest BCUT2D eigenvalue weighted by Crippen LogP contribution is -2.39. The summed E-state index contributed by atoms with van der Waals surface area (Å²) in [5, 5.41) is 3.43. The van der Waals surface area contributed by atoms with Gasteiger partial charge in [-0.3, -0.25) is 9.88 Å². The second-order valence-corrected chi connectivity index (χ2v) is 5.19. The lowest BCUT2D eigenvalue weighted by molar-refractivity contribution is 0.204. The van der Waals surface area contributed by atoms with Gasteiger partial charge in [0.15, 0.2) is 0 Å². The molecule has 106 valence electrons. The Balaban J connectivity index is 2.06. The molecule has 0 amide bonds. The van der Waals surface area contributed by atoms with Crippen molar-refractivity contribution < 1.29 is 0 Å². The van der Waals surface area contributed by atoms with E-state index in [-0.39, 0.29) is 0 Å². The first-order chi connectivity index (χ1) is 9.72. The molecule has 1 N–H and O–H groups in total. The highest BCUT2D eigenvalue weighted by molar-refractivity contribution is 5.20. The molecule has 20 heavy (non-hydrogen) atoms. The minimum atomic E-state index is 0.317. The van der Waals surface area contributed by atoms with E-state index in [9.17, 15) is 0 Å². The minimum absolute atomic E-state index is 0.317. The van der Waals surface area contributed by atoms with E-state index in [1.54, 1.807) is 0 Å². The molecular formula is C17H23N3. The number of hydrogen-bond donors (Lipinski definition) is 1. The molecule has 2 unspecified atom stereocenters. The summed E-state index contributed by atoms with van der Waals surface area (Å²) in [7, 11) is 4.18. The van der Waals surface area contributed by atoms with Gasteiger partial charge in [0.25, 0.3) is 0 Å². The Morgan fingerprint density at radius 3 is 2.50 bits per heavy atom. The average molecular weight is 269 g/mol. The van der Waals surface area contributed by atoms with Crippen molar-refractivity contribution in [1.82, 2.24) is 15.2 Å². The zero-order chi connectivity index (χ0) is 14.4. The fraction of sp³-hybridized carbons (Fsp3) is 0.353. The van der Waals surface area contributed by atoms with E-state index in [0.29, 0.717) is 12.1 Å². The van der Waals surface area contributed by atoms with E-state index in [4.69, 9.17) is 0 Å². The van der Waals surface area contributed by atoms with Crippen molar-refractivity contribution in [2.24, 2.45) is 0 Å². The number of aromatic nitrogens is 1. The van der Waals surface area contributed by atoms with Crippen LogP contribution in [0, 0.1) is 0 Å². The highest BCUT2D eigenvalue weighted by Crippen LogP contribution is 2.20. The maximum absolute atomic E-state index is 4.18. The van der Waals surface area contributed by atoms with Crippen molar-refractivity contribution >= 4 is 0 Å². The predicted molar refractivity (Wildman–Crippen MR) is 83.4 cm³/mol. The fourth-order valence-corrected chi connectivity index (χ4v) is 2.52. The van der Waals surface area contributed by atoms with Crippen LogP contribution in [0.1, 0.15) is 24.1 Å². The third-order valence-corrected chi connectivity index (χ3v) is 3.80. The smallest absolute Gasteiger partial charge is 0.0473 e. The van der Waals surface area contributed by atoms with E-state index < -0.39 is 0 Å². The summed E-state index contributed by atoms with van der Waals surface area (Å²) in [5.74, 6) is 0. The Bertz CT molecular complexity index is 498. The van der Waals surface area contributed by atoms with E-state index in [1.807, 2.05) is 25.5 Å². The summed E-state index contributed by atoms with van der Waals surface area (Å²) in [6.07, 6.45) is 3.74. The van der Waals surface area contributed by atoms with Gasteiger partial charge in [-0.05, 0) is 38.2 Å². The maximum atomic E-state index is 4.18. The summed E-state index contributed by atoms with van der Waals surface area (Å²) >= 11 is 0. The molecule has 0 aliphatic carbocycles. The highest BCUT2D eigenvalue weighted by atomic mass is 15.2. The monoisotopic (exact) mass is 269 g/mol. The van der Waals surface area contributed by atoms with Gasteiger partial charge in [-0.15, -0.1) is 0 Å². The summed E-state index contributed by atoms with van der Waals surface area (Å²) < 4.78 is 0. The SMILES string of the molecule is CNC(c1ccccc1)C(C)N(C)Cc1cccnc1. The lowest BCUT2D eigenvalue weighted by Gasteiger charge is -2.32. The number of nitrogens with one attached hydrogen (secondary N) is 1. The highest BCUT2D eigenvalue weighted by Gasteiger charge is 2.21. The van der Waals surface area contributed by atoms with Crippen LogP contribution >= 0.6 is 0 Å². The Kier molecular flexibility index (Phi) is 5.27. The van der Waals surface area contributed by atoms with Crippen molar-refractivity contribution in [3.8, 4) is 0 Å². The number of nitrogens with zero attached hydrogens (tertiary/aromatic N) is 2. The van der Waals surface area contributed by atoms with Crippen LogP contribution in [-0.4, -0.2) is 30.0 Å². The molecule has 0 aliphatic heterocycles. The first kappa shape index (κ1) is 14.7. The fourth-order valence-electron chi connectivity index (χ4n) is 2.52. The summed E-state index contributed by atoms with van der Waals surface area (Å²) in [6, 6.07) is 15.4.